The van der Waals surface area contributed by atoms with Crippen LogP contribution in [0, 0.1) is 0 Å². The normalized spacial score (nSPS) is 19.1. The fourth-order valence-electron chi connectivity index (χ4n) is 5.04. The highest BCUT2D eigenvalue weighted by molar-refractivity contribution is 7.96. The van der Waals surface area contributed by atoms with E-state index < -0.39 is 25.1 Å². The Morgan fingerprint density at radius 2 is 1.63 bits per heavy atom. The average Bonchev–Trinajstić information content (AvgIpc) is 3.41. The van der Waals surface area contributed by atoms with Gasteiger partial charge >= 0.3 is 0 Å². The maximum Gasteiger partial charge on any atom is 0.291 e. The molecule has 2 atom stereocenters. The number of hydrogen-bond donors (Lipinski definition) is 1. The minimum Gasteiger partial charge on any atom is -0.385 e. The second-order valence-corrected chi connectivity index (χ2v) is 16.1. The molecule has 0 saturated heterocycles. The highest BCUT2D eigenvalue weighted by Gasteiger charge is 2.41. The summed E-state index contributed by atoms with van der Waals surface area (Å²) in [6, 6.07) is 1.32. The lowest BCUT2D eigenvalue weighted by Crippen LogP contribution is -2.35. The Morgan fingerprint density at radius 1 is 0.976 bits per heavy atom. The summed E-state index contributed by atoms with van der Waals surface area (Å²) in [7, 11) is -5.95. The number of nitrogens with one attached hydrogen (secondary N) is 1. The topological polar surface area (TPSA) is 102 Å². The molecule has 1 aromatic heterocycles. The summed E-state index contributed by atoms with van der Waals surface area (Å²) >= 11 is 0.841. The van der Waals surface area contributed by atoms with E-state index in [0.717, 1.165) is 43.4 Å². The highest BCUT2D eigenvalue weighted by atomic mass is 32.3. The number of sulfonamides is 1. The second-order valence-electron chi connectivity index (χ2n) is 10.7. The molecule has 0 radical (unpaired) electrons. The molecule has 0 bridgehead atoms. The van der Waals surface area contributed by atoms with Crippen LogP contribution < -0.4 is 5.32 Å². The van der Waals surface area contributed by atoms with Crippen molar-refractivity contribution in [3.63, 3.8) is 0 Å². The third-order valence-corrected chi connectivity index (χ3v) is 13.0. The molecule has 2 rings (SSSR count). The average molecular weight is 629 g/mol. The number of nitrogens with zero attached hydrogens (tertiary/aromatic N) is 1. The summed E-state index contributed by atoms with van der Waals surface area (Å²) in [6.07, 6.45) is 25.2. The second kappa shape index (κ2) is 19.8. The first-order valence-corrected chi connectivity index (χ1v) is 19.3. The standard InChI is InChI=1S/C31H52N2O5S3/c1-4-6-7-8-9-10-11-12-13-14-15-16-17-18-19-20-23-33-41(36,37)30-26-28-29(32-5-2)25-27(22-21-24-38-3)40(34,35)31(28)39-30/h9-10,12-13,23,26-27,29,32H,4-8,11,14-22,24-25H2,1-3H3/b10-9+,13-12+,33-23-/t27-,29-/m0/s1. The van der Waals surface area contributed by atoms with Gasteiger partial charge in [-0.25, -0.2) is 8.42 Å². The molecule has 10 heteroatoms. The molecule has 41 heavy (non-hydrogen) atoms. The predicted molar refractivity (Wildman–Crippen MR) is 172 cm³/mol. The van der Waals surface area contributed by atoms with Crippen molar-refractivity contribution in [2.24, 2.45) is 4.40 Å². The Bertz CT molecular complexity index is 1170. The van der Waals surface area contributed by atoms with E-state index in [4.69, 9.17) is 4.74 Å². The summed E-state index contributed by atoms with van der Waals surface area (Å²) in [5.41, 5.74) is 0.558. The number of hydrogen-bond acceptors (Lipinski definition) is 7. The van der Waals surface area contributed by atoms with Crippen LogP contribution in [0.15, 0.2) is 43.2 Å². The number of methoxy groups -OCH3 is 1. The summed E-state index contributed by atoms with van der Waals surface area (Å²) in [4.78, 5) is 0. The number of thiophene rings is 1. The molecule has 1 aliphatic rings. The van der Waals surface area contributed by atoms with Crippen LogP contribution in [0.1, 0.15) is 122 Å². The van der Waals surface area contributed by atoms with Crippen molar-refractivity contribution in [1.82, 2.24) is 5.32 Å². The van der Waals surface area contributed by atoms with E-state index in [9.17, 15) is 16.8 Å². The van der Waals surface area contributed by atoms with Gasteiger partial charge in [-0.3, -0.25) is 0 Å². The molecule has 0 spiro atoms. The number of unbranched alkanes of at least 4 members (excludes halogenated alkanes) is 9. The summed E-state index contributed by atoms with van der Waals surface area (Å²) in [5, 5.41) is 2.79. The van der Waals surface area contributed by atoms with Crippen molar-refractivity contribution >= 4 is 37.4 Å². The molecule has 0 amide bonds. The first kappa shape index (κ1) is 35.9. The lowest BCUT2D eigenvalue weighted by atomic mass is 10.0. The molecule has 0 fully saturated rings. The van der Waals surface area contributed by atoms with E-state index in [1.54, 1.807) is 7.11 Å². The molecule has 0 aliphatic carbocycles. The smallest absolute Gasteiger partial charge is 0.291 e. The lowest BCUT2D eigenvalue weighted by molar-refractivity contribution is 0.191. The van der Waals surface area contributed by atoms with Crippen LogP contribution in [0.3, 0.4) is 0 Å². The monoisotopic (exact) mass is 628 g/mol. The summed E-state index contributed by atoms with van der Waals surface area (Å²) in [6.45, 7) is 5.35. The van der Waals surface area contributed by atoms with Gasteiger partial charge in [0.2, 0.25) is 0 Å². The zero-order valence-electron chi connectivity index (χ0n) is 25.4. The van der Waals surface area contributed by atoms with E-state index in [-0.39, 0.29) is 14.5 Å². The Labute approximate surface area is 253 Å². The maximum absolute atomic E-state index is 13.3. The van der Waals surface area contributed by atoms with Gasteiger partial charge in [0.05, 0.1) is 5.25 Å². The van der Waals surface area contributed by atoms with E-state index in [1.807, 2.05) is 6.92 Å². The lowest BCUT2D eigenvalue weighted by Gasteiger charge is -2.29. The van der Waals surface area contributed by atoms with Gasteiger partial charge in [0.25, 0.3) is 10.0 Å². The quantitative estimate of drug-likeness (QED) is 0.0794. The molecule has 0 saturated carbocycles. The third kappa shape index (κ3) is 12.4. The van der Waals surface area contributed by atoms with Crippen molar-refractivity contribution in [3.05, 3.63) is 35.9 Å². The van der Waals surface area contributed by atoms with Crippen LogP contribution in [0.5, 0.6) is 0 Å². The van der Waals surface area contributed by atoms with E-state index >= 15 is 0 Å². The van der Waals surface area contributed by atoms with Crippen LogP contribution in [-0.4, -0.2) is 48.6 Å². The number of ether oxygens (including phenoxy) is 1. The largest absolute Gasteiger partial charge is 0.385 e. The summed E-state index contributed by atoms with van der Waals surface area (Å²) in [5.74, 6) is 0. The van der Waals surface area contributed by atoms with Crippen molar-refractivity contribution < 1.29 is 21.6 Å². The molecule has 1 aromatic rings. The van der Waals surface area contributed by atoms with Crippen LogP contribution in [-0.2, 0) is 24.6 Å². The van der Waals surface area contributed by atoms with E-state index in [0.29, 0.717) is 44.4 Å². The van der Waals surface area contributed by atoms with Gasteiger partial charge in [-0.15, -0.1) is 11.3 Å². The Balaban J connectivity index is 1.77. The Hall–Kier alpha value is -1.33. The molecule has 1 N–H and O–H groups in total. The zero-order valence-corrected chi connectivity index (χ0v) is 27.8. The van der Waals surface area contributed by atoms with Crippen molar-refractivity contribution in [1.29, 1.82) is 0 Å². The molecule has 7 nitrogen and oxygen atoms in total. The van der Waals surface area contributed by atoms with Gasteiger partial charge in [0.1, 0.15) is 8.42 Å². The fraction of sp³-hybridized carbons (Fsp3) is 0.710. The predicted octanol–water partition coefficient (Wildman–Crippen LogP) is 7.94. The molecule has 2 heterocycles. The fourth-order valence-corrected chi connectivity index (χ4v) is 10.3. The van der Waals surface area contributed by atoms with Crippen LogP contribution in [0.25, 0.3) is 0 Å². The first-order valence-electron chi connectivity index (χ1n) is 15.5. The zero-order chi connectivity index (χ0) is 30.0. The Kier molecular flexibility index (Phi) is 17.3. The molecular weight excluding hydrogens is 577 g/mol. The maximum atomic E-state index is 13.3. The van der Waals surface area contributed by atoms with Crippen molar-refractivity contribution in [3.8, 4) is 0 Å². The van der Waals surface area contributed by atoms with Crippen molar-refractivity contribution in [2.75, 3.05) is 20.3 Å². The van der Waals surface area contributed by atoms with Gasteiger partial charge < -0.3 is 10.1 Å². The minimum absolute atomic E-state index is 0.00260. The molecule has 0 unspecified atom stereocenters. The molecular formula is C31H52N2O5S3. The van der Waals surface area contributed by atoms with Gasteiger partial charge in [0, 0.05) is 31.5 Å². The van der Waals surface area contributed by atoms with E-state index in [2.05, 4.69) is 40.9 Å². The van der Waals surface area contributed by atoms with E-state index in [1.165, 1.54) is 50.8 Å². The van der Waals surface area contributed by atoms with Crippen molar-refractivity contribution in [2.45, 2.75) is 130 Å². The third-order valence-electron chi connectivity index (χ3n) is 7.35. The van der Waals surface area contributed by atoms with Gasteiger partial charge in [-0.05, 0) is 76.8 Å². The highest BCUT2D eigenvalue weighted by Crippen LogP contribution is 2.44. The number of sulfone groups is 1. The van der Waals surface area contributed by atoms with Gasteiger partial charge in [-0.1, -0.05) is 70.3 Å². The molecule has 1 aliphatic heterocycles. The first-order chi connectivity index (χ1) is 19.8. The van der Waals surface area contributed by atoms with Crippen LogP contribution in [0.4, 0.5) is 0 Å². The van der Waals surface area contributed by atoms with Gasteiger partial charge in [0.15, 0.2) is 9.84 Å². The number of rotatable bonds is 22. The summed E-state index contributed by atoms with van der Waals surface area (Å²) < 4.78 is 61.7. The molecule has 234 valence electrons. The van der Waals surface area contributed by atoms with Gasteiger partial charge in [-0.2, -0.15) is 12.8 Å². The number of fused-ring (bicyclic) bond motifs is 1. The SMILES string of the molecule is CCCCC/C=C/C/C=C/CCCCCCC/C=N\S(=O)(=O)c1cc2c(s1)S(=O)(=O)[C@@H](CCCOC)C[C@@H]2NCC. The minimum atomic E-state index is -3.94. The Morgan fingerprint density at radius 3 is 2.29 bits per heavy atom. The van der Waals surface area contributed by atoms with Crippen LogP contribution >= 0.6 is 11.3 Å². The van der Waals surface area contributed by atoms with Crippen LogP contribution in [0.2, 0.25) is 0 Å². The number of allylic oxidation sites excluding steroid dienone is 4. The molecule has 0 aromatic carbocycles.